The summed E-state index contributed by atoms with van der Waals surface area (Å²) in [6.45, 7) is 5.60. The summed E-state index contributed by atoms with van der Waals surface area (Å²) in [5, 5.41) is 0. The molecule has 4 atom stereocenters. The van der Waals surface area contributed by atoms with Gasteiger partial charge < -0.3 is 32.7 Å². The molecule has 0 aliphatic carbocycles. The Bertz CT molecular complexity index is 330. The number of nitrogens with two attached hydrogens (primary N) is 2. The third-order valence-electron chi connectivity index (χ3n) is 4.44. The van der Waals surface area contributed by atoms with Gasteiger partial charge in [-0.3, -0.25) is 0 Å². The SMILES string of the molecule is CC[SiH]1C[SiH](CC)O[Si](CCCN)(OC)O[Si](CCCN)(OC)O1. The van der Waals surface area contributed by atoms with Crippen LogP contribution in [0.5, 0.6) is 0 Å². The van der Waals surface area contributed by atoms with Crippen LogP contribution in [0.3, 0.4) is 0 Å². The van der Waals surface area contributed by atoms with E-state index in [-0.39, 0.29) is 0 Å². The molecule has 1 saturated heterocycles. The molecule has 7 nitrogen and oxygen atoms in total. The summed E-state index contributed by atoms with van der Waals surface area (Å²) < 4.78 is 31.6. The molecule has 1 fully saturated rings. The van der Waals surface area contributed by atoms with Crippen LogP contribution in [0.4, 0.5) is 0 Å². The second-order valence-electron chi connectivity index (χ2n) is 6.19. The Balaban J connectivity index is 3.12. The molecule has 0 aromatic heterocycles. The van der Waals surface area contributed by atoms with Crippen molar-refractivity contribution in [3.63, 3.8) is 0 Å². The first kappa shape index (κ1) is 22.6. The highest BCUT2D eigenvalue weighted by Gasteiger charge is 2.55. The molecule has 144 valence electrons. The summed E-state index contributed by atoms with van der Waals surface area (Å²) in [5.41, 5.74) is 12.6. The van der Waals surface area contributed by atoms with E-state index in [1.54, 1.807) is 14.2 Å². The minimum atomic E-state index is -2.82. The largest absolute Gasteiger partial charge is 0.482 e. The molecule has 0 amide bonds. The first-order valence-electron chi connectivity index (χ1n) is 9.08. The normalized spacial score (nSPS) is 34.8. The van der Waals surface area contributed by atoms with Gasteiger partial charge in [0.1, 0.15) is 0 Å². The molecule has 1 aliphatic rings. The quantitative estimate of drug-likeness (QED) is 0.515. The summed E-state index contributed by atoms with van der Waals surface area (Å²) in [5.74, 6) is 0. The lowest BCUT2D eigenvalue weighted by molar-refractivity contribution is 0.123. The van der Waals surface area contributed by atoms with Crippen LogP contribution >= 0.6 is 0 Å². The van der Waals surface area contributed by atoms with E-state index in [1.165, 1.54) is 0 Å². The Kier molecular flexibility index (Phi) is 10.7. The van der Waals surface area contributed by atoms with E-state index in [4.69, 9.17) is 32.7 Å². The van der Waals surface area contributed by atoms with Crippen molar-refractivity contribution >= 4 is 35.7 Å². The highest BCUT2D eigenvalue weighted by atomic mass is 28.5. The van der Waals surface area contributed by atoms with Crippen molar-refractivity contribution < 1.29 is 21.2 Å². The van der Waals surface area contributed by atoms with Gasteiger partial charge in [-0.2, -0.15) is 0 Å². The Hall–Kier alpha value is 0.588. The number of hydrogen-bond acceptors (Lipinski definition) is 7. The van der Waals surface area contributed by atoms with E-state index in [2.05, 4.69) is 13.8 Å². The molecule has 1 aliphatic heterocycles. The van der Waals surface area contributed by atoms with Gasteiger partial charge in [-0.25, -0.2) is 0 Å². The third-order valence-corrected chi connectivity index (χ3v) is 21.7. The van der Waals surface area contributed by atoms with Gasteiger partial charge in [0.2, 0.25) is 0 Å². The average molecular weight is 413 g/mol. The first-order chi connectivity index (χ1) is 11.5. The molecule has 11 heteroatoms. The molecule has 0 aromatic carbocycles. The zero-order valence-electron chi connectivity index (χ0n) is 15.7. The maximum atomic E-state index is 6.60. The summed E-state index contributed by atoms with van der Waals surface area (Å²) in [6, 6.07) is 3.60. The molecular formula is C13H36N2O5Si4. The van der Waals surface area contributed by atoms with Gasteiger partial charge in [0.05, 0.1) is 0 Å². The van der Waals surface area contributed by atoms with E-state index in [0.29, 0.717) is 13.1 Å². The average Bonchev–Trinajstić information content (AvgIpc) is 2.60. The Morgan fingerprint density at radius 1 is 0.875 bits per heavy atom. The highest BCUT2D eigenvalue weighted by Crippen LogP contribution is 2.32. The maximum Gasteiger partial charge on any atom is 0.482 e. The van der Waals surface area contributed by atoms with Crippen molar-refractivity contribution in [2.24, 2.45) is 11.5 Å². The van der Waals surface area contributed by atoms with Gasteiger partial charge in [-0.15, -0.1) is 0 Å². The minimum absolute atomic E-state index is 0.598. The van der Waals surface area contributed by atoms with Gasteiger partial charge >= 0.3 is 17.6 Å². The Morgan fingerprint density at radius 3 is 1.58 bits per heavy atom. The van der Waals surface area contributed by atoms with Crippen molar-refractivity contribution in [1.82, 2.24) is 0 Å². The second-order valence-corrected chi connectivity index (χ2v) is 19.5. The van der Waals surface area contributed by atoms with Gasteiger partial charge in [-0.05, 0) is 43.7 Å². The van der Waals surface area contributed by atoms with Crippen LogP contribution in [0, 0.1) is 0 Å². The lowest BCUT2D eigenvalue weighted by atomic mass is 10.5. The maximum absolute atomic E-state index is 6.60. The summed E-state index contributed by atoms with van der Waals surface area (Å²) in [7, 11) is -5.02. The molecule has 0 radical (unpaired) electrons. The van der Waals surface area contributed by atoms with Crippen LogP contribution in [0.1, 0.15) is 26.7 Å². The van der Waals surface area contributed by atoms with Crippen molar-refractivity contribution in [2.75, 3.05) is 27.3 Å². The van der Waals surface area contributed by atoms with Crippen LogP contribution in [-0.4, -0.2) is 63.0 Å². The van der Waals surface area contributed by atoms with E-state index >= 15 is 0 Å². The first-order valence-corrected chi connectivity index (χ1v) is 17.2. The second kappa shape index (κ2) is 11.3. The molecule has 0 aromatic rings. The fourth-order valence-electron chi connectivity index (χ4n) is 2.92. The summed E-state index contributed by atoms with van der Waals surface area (Å²) in [6.07, 6.45) is 1.65. The topological polar surface area (TPSA) is 98.2 Å². The molecular weight excluding hydrogens is 376 g/mol. The van der Waals surface area contributed by atoms with Gasteiger partial charge in [0.25, 0.3) is 0 Å². The molecule has 0 spiro atoms. The monoisotopic (exact) mass is 412 g/mol. The fraction of sp³-hybridized carbons (Fsp3) is 1.00. The predicted molar refractivity (Wildman–Crippen MR) is 106 cm³/mol. The summed E-state index contributed by atoms with van der Waals surface area (Å²) in [4.78, 5) is 0. The van der Waals surface area contributed by atoms with Crippen LogP contribution in [0.2, 0.25) is 29.8 Å². The van der Waals surface area contributed by atoms with Gasteiger partial charge in [0, 0.05) is 26.3 Å². The highest BCUT2D eigenvalue weighted by molar-refractivity contribution is 6.87. The molecule has 1 rings (SSSR count). The predicted octanol–water partition coefficient (Wildman–Crippen LogP) is 0.945. The molecule has 24 heavy (non-hydrogen) atoms. The van der Waals surface area contributed by atoms with Crippen molar-refractivity contribution in [1.29, 1.82) is 0 Å². The zero-order chi connectivity index (χ0) is 18.1. The van der Waals surface area contributed by atoms with Crippen LogP contribution in [-0.2, 0) is 21.2 Å². The number of rotatable bonds is 10. The molecule has 4 N–H and O–H groups in total. The smallest absolute Gasteiger partial charge is 0.419 e. The molecule has 0 saturated carbocycles. The lowest BCUT2D eigenvalue weighted by Crippen LogP contribution is -2.63. The zero-order valence-corrected chi connectivity index (χ0v) is 20.0. The van der Waals surface area contributed by atoms with Gasteiger partial charge in [-0.1, -0.05) is 13.8 Å². The standard InChI is InChI=1S/C13H36N2O5Si4/c1-5-21-13-22(6-2)19-24(17-4,12-8-10-15)20-23(16-3,18-21)11-7-9-14/h21-22H,5-15H2,1-4H3. The van der Waals surface area contributed by atoms with Crippen molar-refractivity contribution in [2.45, 2.75) is 56.5 Å². The van der Waals surface area contributed by atoms with Crippen molar-refractivity contribution in [3.05, 3.63) is 0 Å². The molecule has 0 bridgehead atoms. The van der Waals surface area contributed by atoms with Crippen molar-refractivity contribution in [3.8, 4) is 0 Å². The Labute approximate surface area is 152 Å². The van der Waals surface area contributed by atoms with E-state index in [0.717, 1.165) is 42.7 Å². The van der Waals surface area contributed by atoms with Crippen LogP contribution < -0.4 is 11.5 Å². The fourth-order valence-corrected chi connectivity index (χ4v) is 23.9. The van der Waals surface area contributed by atoms with Crippen LogP contribution in [0.15, 0.2) is 0 Å². The molecule has 1 heterocycles. The number of hydrogen-bond donors (Lipinski definition) is 2. The third kappa shape index (κ3) is 6.39. The van der Waals surface area contributed by atoms with E-state index in [1.807, 2.05) is 0 Å². The van der Waals surface area contributed by atoms with Gasteiger partial charge in [0.15, 0.2) is 18.1 Å². The van der Waals surface area contributed by atoms with E-state index in [9.17, 15) is 0 Å². The minimum Gasteiger partial charge on any atom is -0.419 e. The van der Waals surface area contributed by atoms with Crippen LogP contribution in [0.25, 0.3) is 0 Å². The Morgan fingerprint density at radius 2 is 1.29 bits per heavy atom. The molecule has 4 unspecified atom stereocenters. The summed E-state index contributed by atoms with van der Waals surface area (Å²) >= 11 is 0. The lowest BCUT2D eigenvalue weighted by Gasteiger charge is -2.43. The van der Waals surface area contributed by atoms with E-state index < -0.39 is 35.7 Å².